The van der Waals surface area contributed by atoms with E-state index < -0.39 is 0 Å². The second kappa shape index (κ2) is 10.1. The molecule has 7 heteroatoms. The lowest BCUT2D eigenvalue weighted by atomic mass is 10.1. The zero-order chi connectivity index (χ0) is 20.6. The zero-order valence-electron chi connectivity index (χ0n) is 17.0. The van der Waals surface area contributed by atoms with Gasteiger partial charge in [0.1, 0.15) is 12.4 Å². The van der Waals surface area contributed by atoms with Crippen molar-refractivity contribution in [3.63, 3.8) is 0 Å². The molecule has 0 fully saturated rings. The molecule has 1 amide bonds. The van der Waals surface area contributed by atoms with Crippen molar-refractivity contribution in [1.29, 1.82) is 0 Å². The number of thioether (sulfide) groups is 1. The first-order valence-corrected chi connectivity index (χ1v) is 10.6. The highest BCUT2D eigenvalue weighted by Crippen LogP contribution is 2.19. The molecule has 3 rings (SSSR count). The largest absolute Gasteiger partial charge is 0.486 e. The van der Waals surface area contributed by atoms with Gasteiger partial charge >= 0.3 is 0 Å². The van der Waals surface area contributed by atoms with Gasteiger partial charge in [-0.3, -0.25) is 4.79 Å². The lowest BCUT2D eigenvalue weighted by Gasteiger charge is -2.14. The highest BCUT2D eigenvalue weighted by molar-refractivity contribution is 7.99. The number of ether oxygens (including phenoxy) is 1. The molecule has 0 saturated heterocycles. The predicted molar refractivity (Wildman–Crippen MR) is 115 cm³/mol. The van der Waals surface area contributed by atoms with E-state index in [-0.39, 0.29) is 17.7 Å². The Morgan fingerprint density at radius 3 is 2.55 bits per heavy atom. The molecule has 152 valence electrons. The summed E-state index contributed by atoms with van der Waals surface area (Å²) in [5, 5.41) is 12.2. The molecule has 0 aliphatic carbocycles. The smallest absolute Gasteiger partial charge is 0.230 e. The molecule has 1 atom stereocenters. The number of benzene rings is 2. The SMILES string of the molecule is CCn1c(COc2ccc(C)cc2)nnc1SCC(=O)NC(C)c1ccccc1. The number of aromatic nitrogens is 3. The van der Waals surface area contributed by atoms with Crippen LogP contribution in [0.3, 0.4) is 0 Å². The van der Waals surface area contributed by atoms with Gasteiger partial charge in [-0.2, -0.15) is 0 Å². The van der Waals surface area contributed by atoms with Gasteiger partial charge in [0.2, 0.25) is 5.91 Å². The van der Waals surface area contributed by atoms with Crippen molar-refractivity contribution in [1.82, 2.24) is 20.1 Å². The zero-order valence-corrected chi connectivity index (χ0v) is 17.8. The lowest BCUT2D eigenvalue weighted by molar-refractivity contribution is -0.119. The number of nitrogens with one attached hydrogen (secondary N) is 1. The number of hydrogen-bond acceptors (Lipinski definition) is 5. The van der Waals surface area contributed by atoms with Gasteiger partial charge in [-0.25, -0.2) is 0 Å². The average molecular weight is 411 g/mol. The monoisotopic (exact) mass is 410 g/mol. The third-order valence-corrected chi connectivity index (χ3v) is 5.47. The normalized spacial score (nSPS) is 11.8. The van der Waals surface area contributed by atoms with Crippen molar-refractivity contribution in [2.75, 3.05) is 5.75 Å². The van der Waals surface area contributed by atoms with Crippen LogP contribution in [0.25, 0.3) is 0 Å². The third-order valence-electron chi connectivity index (χ3n) is 4.51. The van der Waals surface area contributed by atoms with Crippen molar-refractivity contribution in [3.05, 3.63) is 71.5 Å². The summed E-state index contributed by atoms with van der Waals surface area (Å²) in [6.45, 7) is 7.09. The molecule has 1 unspecified atom stereocenters. The van der Waals surface area contributed by atoms with Gasteiger partial charge < -0.3 is 14.6 Å². The minimum Gasteiger partial charge on any atom is -0.486 e. The summed E-state index contributed by atoms with van der Waals surface area (Å²) in [4.78, 5) is 12.3. The van der Waals surface area contributed by atoms with Crippen LogP contribution in [0, 0.1) is 6.92 Å². The first-order chi connectivity index (χ1) is 14.1. The Bertz CT molecular complexity index is 926. The van der Waals surface area contributed by atoms with Crippen LogP contribution in [0.1, 0.15) is 36.8 Å². The first-order valence-electron chi connectivity index (χ1n) is 9.65. The number of amides is 1. The molecule has 1 aromatic heterocycles. The van der Waals surface area contributed by atoms with E-state index in [4.69, 9.17) is 4.74 Å². The fourth-order valence-corrected chi connectivity index (χ4v) is 3.70. The van der Waals surface area contributed by atoms with E-state index in [0.29, 0.717) is 13.2 Å². The van der Waals surface area contributed by atoms with Crippen LogP contribution < -0.4 is 10.1 Å². The quantitative estimate of drug-likeness (QED) is 0.537. The van der Waals surface area contributed by atoms with Crippen molar-refractivity contribution in [3.8, 4) is 5.75 Å². The maximum atomic E-state index is 12.3. The lowest BCUT2D eigenvalue weighted by Crippen LogP contribution is -2.28. The molecule has 1 N–H and O–H groups in total. The van der Waals surface area contributed by atoms with Crippen LogP contribution in [0.4, 0.5) is 0 Å². The van der Waals surface area contributed by atoms with E-state index in [1.54, 1.807) is 0 Å². The summed E-state index contributed by atoms with van der Waals surface area (Å²) in [6, 6.07) is 17.8. The number of nitrogens with zero attached hydrogens (tertiary/aromatic N) is 3. The molecule has 0 spiro atoms. The first kappa shape index (κ1) is 20.9. The number of aryl methyl sites for hydroxylation is 1. The average Bonchev–Trinajstić information content (AvgIpc) is 3.14. The van der Waals surface area contributed by atoms with Crippen LogP contribution in [-0.2, 0) is 17.9 Å². The molecule has 2 aromatic carbocycles. The molecule has 0 bridgehead atoms. The number of rotatable bonds is 9. The van der Waals surface area contributed by atoms with Crippen molar-refractivity contribution in [2.45, 2.75) is 45.1 Å². The minimum atomic E-state index is -0.0354. The summed E-state index contributed by atoms with van der Waals surface area (Å²) in [6.07, 6.45) is 0. The molecule has 0 radical (unpaired) electrons. The molecule has 1 heterocycles. The van der Waals surface area contributed by atoms with Crippen molar-refractivity contribution >= 4 is 17.7 Å². The van der Waals surface area contributed by atoms with Crippen LogP contribution in [0.15, 0.2) is 59.8 Å². The third kappa shape index (κ3) is 5.84. The Morgan fingerprint density at radius 1 is 1.14 bits per heavy atom. The Morgan fingerprint density at radius 2 is 1.86 bits per heavy atom. The van der Waals surface area contributed by atoms with Gasteiger partial charge in [-0.1, -0.05) is 59.8 Å². The van der Waals surface area contributed by atoms with Gasteiger partial charge in [0.25, 0.3) is 0 Å². The second-order valence-electron chi connectivity index (χ2n) is 6.73. The fourth-order valence-electron chi connectivity index (χ4n) is 2.87. The standard InChI is InChI=1S/C22H26N4O2S/c1-4-26-20(14-28-19-12-10-16(2)11-13-19)24-25-22(26)29-15-21(27)23-17(3)18-8-6-5-7-9-18/h5-13,17H,4,14-15H2,1-3H3,(H,23,27). The highest BCUT2D eigenvalue weighted by atomic mass is 32.2. The Hall–Kier alpha value is -2.80. The van der Waals surface area contributed by atoms with Gasteiger partial charge in [-0.15, -0.1) is 10.2 Å². The molecule has 3 aromatic rings. The molecule has 0 aliphatic rings. The van der Waals surface area contributed by atoms with Gasteiger partial charge in [-0.05, 0) is 38.5 Å². The summed E-state index contributed by atoms with van der Waals surface area (Å²) in [5.41, 5.74) is 2.27. The molecule has 0 saturated carbocycles. The number of carbonyl (C=O) groups is 1. The maximum Gasteiger partial charge on any atom is 0.230 e. The molecule has 6 nitrogen and oxygen atoms in total. The van der Waals surface area contributed by atoms with Crippen molar-refractivity contribution < 1.29 is 9.53 Å². The second-order valence-corrected chi connectivity index (χ2v) is 7.68. The van der Waals surface area contributed by atoms with Crippen LogP contribution in [0.5, 0.6) is 5.75 Å². The van der Waals surface area contributed by atoms with Gasteiger partial charge in [0, 0.05) is 6.54 Å². The fraction of sp³-hybridized carbons (Fsp3) is 0.318. The Balaban J connectivity index is 1.54. The minimum absolute atomic E-state index is 0.0329. The van der Waals surface area contributed by atoms with E-state index in [9.17, 15) is 4.79 Å². The van der Waals surface area contributed by atoms with E-state index in [1.165, 1.54) is 17.3 Å². The van der Waals surface area contributed by atoms with E-state index in [1.807, 2.05) is 79.9 Å². The molecule has 29 heavy (non-hydrogen) atoms. The summed E-state index contributed by atoms with van der Waals surface area (Å²) >= 11 is 1.38. The van der Waals surface area contributed by atoms with Crippen LogP contribution in [0.2, 0.25) is 0 Å². The highest BCUT2D eigenvalue weighted by Gasteiger charge is 2.15. The van der Waals surface area contributed by atoms with E-state index in [2.05, 4.69) is 15.5 Å². The molecular weight excluding hydrogens is 384 g/mol. The van der Waals surface area contributed by atoms with E-state index in [0.717, 1.165) is 22.3 Å². The topological polar surface area (TPSA) is 69.0 Å². The predicted octanol–water partition coefficient (Wildman–Crippen LogP) is 4.15. The van der Waals surface area contributed by atoms with Gasteiger partial charge in [0.15, 0.2) is 11.0 Å². The van der Waals surface area contributed by atoms with Gasteiger partial charge in [0.05, 0.1) is 11.8 Å². The Kier molecular flexibility index (Phi) is 7.30. The number of hydrogen-bond donors (Lipinski definition) is 1. The number of carbonyl (C=O) groups excluding carboxylic acids is 1. The van der Waals surface area contributed by atoms with Crippen LogP contribution in [-0.4, -0.2) is 26.4 Å². The molecular formula is C22H26N4O2S. The summed E-state index contributed by atoms with van der Waals surface area (Å²) in [5.74, 6) is 1.79. The Labute approximate surface area is 175 Å². The van der Waals surface area contributed by atoms with Crippen molar-refractivity contribution in [2.24, 2.45) is 0 Å². The summed E-state index contributed by atoms with van der Waals surface area (Å²) in [7, 11) is 0. The van der Waals surface area contributed by atoms with E-state index >= 15 is 0 Å². The maximum absolute atomic E-state index is 12.3. The summed E-state index contributed by atoms with van der Waals surface area (Å²) < 4.78 is 7.80. The molecule has 0 aliphatic heterocycles. The van der Waals surface area contributed by atoms with Crippen LogP contribution >= 0.6 is 11.8 Å².